The van der Waals surface area contributed by atoms with Crippen molar-refractivity contribution in [2.24, 2.45) is 0 Å². The second-order valence-corrected chi connectivity index (χ2v) is 14.3. The summed E-state index contributed by atoms with van der Waals surface area (Å²) < 4.78 is 58.4. The first-order chi connectivity index (χ1) is 22.6. The van der Waals surface area contributed by atoms with Crippen molar-refractivity contribution in [1.82, 2.24) is 20.2 Å². The first-order valence-electron chi connectivity index (χ1n) is 15.4. The number of alkyl halides is 1. The third-order valence-electron chi connectivity index (χ3n) is 9.95. The number of hydrogen-bond donors (Lipinski definition) is 2. The maximum absolute atomic E-state index is 17.0. The number of nitrogen functional groups attached to an aromatic ring is 1. The Labute approximate surface area is 276 Å². The summed E-state index contributed by atoms with van der Waals surface area (Å²) in [7, 11) is 0. The molecule has 0 radical (unpaired) electrons. The predicted molar refractivity (Wildman–Crippen MR) is 173 cm³/mol. The number of piperidine rings is 1. The number of rotatable bonds is 5. The molecule has 1 spiro atoms. The molecule has 4 aliphatic heterocycles. The predicted octanol–water partition coefficient (Wildman–Crippen LogP) is 6.61. The molecule has 10 nitrogen and oxygen atoms in total. The number of alkyl carbamates (subject to hydrolysis) is 1. The third kappa shape index (κ3) is 4.81. The average molecular weight is 684 g/mol. The molecule has 2 aromatic carbocycles. The van der Waals surface area contributed by atoms with Crippen LogP contribution in [0, 0.1) is 18.2 Å². The SMILES string of the molecule is [C-]#[N+]c1c(N)sc2c(F)ccc(-c3c(Cl)cc4c(N5CCCC6(CNC(=O)O6)C5)nc(OC[C@@]56CCCN5C[C@H](F)C6)nc4c3F)c12. The van der Waals surface area contributed by atoms with E-state index in [-0.39, 0.29) is 55.1 Å². The zero-order chi connectivity index (χ0) is 32.7. The fourth-order valence-electron chi connectivity index (χ4n) is 7.86. The minimum absolute atomic E-state index is 0.00300. The third-order valence-corrected chi connectivity index (χ3v) is 11.3. The van der Waals surface area contributed by atoms with E-state index >= 15 is 4.39 Å². The van der Waals surface area contributed by atoms with Gasteiger partial charge in [0.05, 0.1) is 39.9 Å². The Hall–Kier alpha value is -4.06. The smallest absolute Gasteiger partial charge is 0.407 e. The molecular formula is C32H29ClF3N7O3S. The van der Waals surface area contributed by atoms with Crippen LogP contribution in [0.4, 0.5) is 34.5 Å². The van der Waals surface area contributed by atoms with Gasteiger partial charge in [-0.2, -0.15) is 9.97 Å². The van der Waals surface area contributed by atoms with Gasteiger partial charge in [-0.15, -0.1) is 11.3 Å². The van der Waals surface area contributed by atoms with Crippen molar-refractivity contribution in [1.29, 1.82) is 0 Å². The number of nitrogens with one attached hydrogen (secondary N) is 1. The highest BCUT2D eigenvalue weighted by Crippen LogP contribution is 2.49. The maximum atomic E-state index is 17.0. The molecule has 1 amide bonds. The first-order valence-corrected chi connectivity index (χ1v) is 16.6. The standard InChI is InChI=1S/C32H29ClF3N7O3S/c1-38-25-22-17(4-5-20(35)26(22)47-27(25)37)21-19(33)10-18-24(23(21)36)40-29(45-15-31-6-2-9-43(31)12-16(34)11-31)41-28(18)42-8-3-7-32(14-42)13-39-30(44)46-32/h4-5,10,16H,2-3,6-9,11-15,37H2,(H,39,44)/t16-,31+,32?/m1/s1. The summed E-state index contributed by atoms with van der Waals surface area (Å²) in [5.74, 6) is -1.04. The van der Waals surface area contributed by atoms with E-state index in [1.165, 1.54) is 12.1 Å². The minimum Gasteiger partial charge on any atom is -0.461 e. The van der Waals surface area contributed by atoms with E-state index in [0.717, 1.165) is 30.7 Å². The lowest BCUT2D eigenvalue weighted by atomic mass is 9.92. The van der Waals surface area contributed by atoms with Crippen molar-refractivity contribution in [3.8, 4) is 17.1 Å². The molecule has 47 heavy (non-hydrogen) atoms. The molecule has 0 bridgehead atoms. The fraction of sp³-hybridized carbons (Fsp3) is 0.438. The van der Waals surface area contributed by atoms with E-state index < -0.39 is 35.0 Å². The Kier molecular flexibility index (Phi) is 7.09. The molecule has 6 heterocycles. The zero-order valence-electron chi connectivity index (χ0n) is 25.0. The van der Waals surface area contributed by atoms with Gasteiger partial charge in [0, 0.05) is 35.8 Å². The normalized spacial score (nSPS) is 25.8. The van der Waals surface area contributed by atoms with Gasteiger partial charge in [0.15, 0.2) is 5.82 Å². The number of nitrogens with zero attached hydrogens (tertiary/aromatic N) is 5. The van der Waals surface area contributed by atoms with E-state index in [1.807, 2.05) is 4.90 Å². The van der Waals surface area contributed by atoms with Crippen LogP contribution in [0.2, 0.25) is 5.02 Å². The van der Waals surface area contributed by atoms with Gasteiger partial charge in [-0.25, -0.2) is 22.8 Å². The molecule has 3 N–H and O–H groups in total. The molecule has 0 aliphatic carbocycles. The Bertz CT molecular complexity index is 2020. The van der Waals surface area contributed by atoms with Gasteiger partial charge in [0.2, 0.25) is 5.69 Å². The van der Waals surface area contributed by atoms with Gasteiger partial charge in [-0.3, -0.25) is 4.90 Å². The number of thiophene rings is 1. The number of carbonyl (C=O) groups excluding carboxylic acids is 1. The molecule has 0 saturated carbocycles. The quantitative estimate of drug-likeness (QED) is 0.226. The summed E-state index contributed by atoms with van der Waals surface area (Å²) >= 11 is 7.74. The number of halogens is 4. The van der Waals surface area contributed by atoms with Crippen LogP contribution in [-0.4, -0.2) is 77.6 Å². The lowest BCUT2D eigenvalue weighted by molar-refractivity contribution is 0.0445. The van der Waals surface area contributed by atoms with Gasteiger partial charge in [-0.05, 0) is 49.9 Å². The monoisotopic (exact) mass is 683 g/mol. The number of anilines is 2. The molecule has 3 atom stereocenters. The number of amides is 1. The van der Waals surface area contributed by atoms with Crippen molar-refractivity contribution < 1.29 is 27.4 Å². The Morgan fingerprint density at radius 2 is 2.09 bits per heavy atom. The van der Waals surface area contributed by atoms with Crippen LogP contribution in [0.1, 0.15) is 32.1 Å². The highest BCUT2D eigenvalue weighted by molar-refractivity contribution is 7.23. The van der Waals surface area contributed by atoms with E-state index in [2.05, 4.69) is 20.0 Å². The van der Waals surface area contributed by atoms with Crippen LogP contribution < -0.4 is 20.7 Å². The topological polar surface area (TPSA) is 110 Å². The van der Waals surface area contributed by atoms with Crippen molar-refractivity contribution in [2.75, 3.05) is 50.0 Å². The van der Waals surface area contributed by atoms with E-state index in [4.69, 9.17) is 38.4 Å². The van der Waals surface area contributed by atoms with Crippen molar-refractivity contribution in [3.05, 3.63) is 46.3 Å². The van der Waals surface area contributed by atoms with Crippen LogP contribution in [0.25, 0.3) is 37.0 Å². The second kappa shape index (κ2) is 11.0. The molecule has 4 aromatic rings. The van der Waals surface area contributed by atoms with E-state index in [1.54, 1.807) is 6.07 Å². The molecule has 1 unspecified atom stereocenters. The number of nitrogens with two attached hydrogens (primary N) is 1. The molecule has 15 heteroatoms. The largest absolute Gasteiger partial charge is 0.461 e. The first kappa shape index (κ1) is 30.3. The Morgan fingerprint density at radius 3 is 2.87 bits per heavy atom. The van der Waals surface area contributed by atoms with Crippen LogP contribution in [-0.2, 0) is 4.74 Å². The van der Waals surface area contributed by atoms with Crippen molar-refractivity contribution in [3.63, 3.8) is 0 Å². The summed E-state index contributed by atoms with van der Waals surface area (Å²) in [6.45, 7) is 10.1. The molecule has 4 aliphatic rings. The summed E-state index contributed by atoms with van der Waals surface area (Å²) in [6.07, 6.45) is 1.89. The number of benzene rings is 2. The Balaban J connectivity index is 1.28. The summed E-state index contributed by atoms with van der Waals surface area (Å²) in [6, 6.07) is 4.04. The summed E-state index contributed by atoms with van der Waals surface area (Å²) in [4.78, 5) is 28.8. The highest BCUT2D eigenvalue weighted by Gasteiger charge is 2.49. The molecule has 244 valence electrons. The van der Waals surface area contributed by atoms with Gasteiger partial charge >= 0.3 is 12.1 Å². The minimum atomic E-state index is -0.958. The molecular weight excluding hydrogens is 655 g/mol. The number of ether oxygens (including phenoxy) is 2. The lowest BCUT2D eigenvalue weighted by Gasteiger charge is -2.39. The van der Waals surface area contributed by atoms with Crippen LogP contribution in [0.3, 0.4) is 0 Å². The zero-order valence-corrected chi connectivity index (χ0v) is 26.6. The van der Waals surface area contributed by atoms with Gasteiger partial charge < -0.3 is 25.4 Å². The van der Waals surface area contributed by atoms with Gasteiger partial charge in [0.1, 0.15) is 35.5 Å². The van der Waals surface area contributed by atoms with Crippen LogP contribution in [0.5, 0.6) is 6.01 Å². The second-order valence-electron chi connectivity index (χ2n) is 12.8. The maximum Gasteiger partial charge on any atom is 0.407 e. The van der Waals surface area contributed by atoms with Gasteiger partial charge in [0.25, 0.3) is 0 Å². The average Bonchev–Trinajstić information content (AvgIpc) is 3.78. The Morgan fingerprint density at radius 1 is 1.26 bits per heavy atom. The summed E-state index contributed by atoms with van der Waals surface area (Å²) in [5, 5.41) is 3.32. The highest BCUT2D eigenvalue weighted by atomic mass is 35.5. The number of aromatic nitrogens is 2. The lowest BCUT2D eigenvalue weighted by Crippen LogP contribution is -2.51. The van der Waals surface area contributed by atoms with Gasteiger partial charge in [-0.1, -0.05) is 17.7 Å². The number of fused-ring (bicyclic) bond motifs is 3. The van der Waals surface area contributed by atoms with Crippen molar-refractivity contribution >= 4 is 66.5 Å². The van der Waals surface area contributed by atoms with Crippen LogP contribution >= 0.6 is 22.9 Å². The van der Waals surface area contributed by atoms with E-state index in [0.29, 0.717) is 56.6 Å². The van der Waals surface area contributed by atoms with Crippen molar-refractivity contribution in [2.45, 2.75) is 49.4 Å². The molecule has 2 aromatic heterocycles. The number of carbonyl (C=O) groups is 1. The van der Waals surface area contributed by atoms with Crippen LogP contribution in [0.15, 0.2) is 18.2 Å². The molecule has 4 fully saturated rings. The van der Waals surface area contributed by atoms with E-state index in [9.17, 15) is 13.6 Å². The summed E-state index contributed by atoms with van der Waals surface area (Å²) in [5.41, 5.74) is 4.85. The molecule has 8 rings (SSSR count). The number of hydrogen-bond acceptors (Lipinski definition) is 9. The fourth-order valence-corrected chi connectivity index (χ4v) is 9.09. The molecule has 4 saturated heterocycles.